The molecule has 0 spiro atoms. The molecule has 0 aliphatic rings. The van der Waals surface area contributed by atoms with Crippen LogP contribution in [0, 0.1) is 11.8 Å². The van der Waals surface area contributed by atoms with Crippen LogP contribution in [0.25, 0.3) is 0 Å². The molecule has 0 nitrogen and oxygen atoms in total. The maximum Gasteiger partial charge on any atom is -0.0420 e. The molecule has 0 heterocycles. The fourth-order valence-electron chi connectivity index (χ4n) is 0.859. The van der Waals surface area contributed by atoms with Gasteiger partial charge in [-0.2, -0.15) is 0 Å². The maximum atomic E-state index is 2.35. The average Bonchev–Trinajstić information content (AvgIpc) is 1.82. The summed E-state index contributed by atoms with van der Waals surface area (Å²) in [5.41, 5.74) is 0. The number of unbranched alkanes of at least 4 members (excludes halogenated alkanes) is 1. The van der Waals surface area contributed by atoms with Gasteiger partial charge in [0, 0.05) is 0 Å². The smallest absolute Gasteiger partial charge is 0.0420 e. The van der Waals surface area contributed by atoms with E-state index in [1.54, 1.807) is 0 Å². The highest BCUT2D eigenvalue weighted by Crippen LogP contribution is 2.16. The minimum Gasteiger partial charge on any atom is -0.0776 e. The van der Waals surface area contributed by atoms with Gasteiger partial charge in [-0.25, -0.2) is 0 Å². The van der Waals surface area contributed by atoms with E-state index in [0.717, 1.165) is 11.8 Å². The summed E-state index contributed by atoms with van der Waals surface area (Å²) in [5.74, 6) is 1.79. The molecule has 0 aromatic carbocycles. The van der Waals surface area contributed by atoms with Gasteiger partial charge < -0.3 is 0 Å². The summed E-state index contributed by atoms with van der Waals surface area (Å²) in [6, 6.07) is 0. The largest absolute Gasteiger partial charge is 0.0776 e. The van der Waals surface area contributed by atoms with Crippen LogP contribution in [0.2, 0.25) is 0 Å². The molecule has 0 amide bonds. The summed E-state index contributed by atoms with van der Waals surface area (Å²) in [7, 11) is 0. The molecule has 0 aliphatic heterocycles. The second kappa shape index (κ2) is 7.11. The van der Waals surface area contributed by atoms with Crippen LogP contribution in [0.3, 0.4) is 0 Å². The molecule has 10 heavy (non-hydrogen) atoms. The fourth-order valence-corrected chi connectivity index (χ4v) is 0.859. The molecule has 0 saturated heterocycles. The van der Waals surface area contributed by atoms with Gasteiger partial charge in [0.05, 0.1) is 0 Å². The van der Waals surface area contributed by atoms with Crippen molar-refractivity contribution in [2.24, 2.45) is 11.8 Å². The molecule has 0 bridgehead atoms. The van der Waals surface area contributed by atoms with Gasteiger partial charge in [0.15, 0.2) is 0 Å². The van der Waals surface area contributed by atoms with E-state index in [4.69, 9.17) is 0 Å². The topological polar surface area (TPSA) is 0 Å². The van der Waals surface area contributed by atoms with Crippen LogP contribution in [-0.4, -0.2) is 0 Å². The van der Waals surface area contributed by atoms with Crippen LogP contribution < -0.4 is 0 Å². The van der Waals surface area contributed by atoms with E-state index in [-0.39, 0.29) is 7.43 Å². The van der Waals surface area contributed by atoms with Gasteiger partial charge in [0.25, 0.3) is 0 Å². The molecule has 1 atom stereocenters. The highest BCUT2D eigenvalue weighted by atomic mass is 14.1. The van der Waals surface area contributed by atoms with Gasteiger partial charge >= 0.3 is 0 Å². The minimum absolute atomic E-state index is 0. The lowest BCUT2D eigenvalue weighted by atomic mass is 9.93. The Balaban J connectivity index is 0. The average molecular weight is 144 g/mol. The molecule has 0 saturated carbocycles. The normalized spacial score (nSPS) is 12.9. The van der Waals surface area contributed by atoms with Crippen molar-refractivity contribution >= 4 is 0 Å². The first kappa shape index (κ1) is 12.7. The monoisotopic (exact) mass is 144 g/mol. The van der Waals surface area contributed by atoms with Crippen LogP contribution in [0.4, 0.5) is 0 Å². The van der Waals surface area contributed by atoms with Crippen molar-refractivity contribution in [1.82, 2.24) is 0 Å². The van der Waals surface area contributed by atoms with Crippen molar-refractivity contribution < 1.29 is 0 Å². The zero-order valence-corrected chi connectivity index (χ0v) is 7.28. The summed E-state index contributed by atoms with van der Waals surface area (Å²) in [6.45, 7) is 9.22. The van der Waals surface area contributed by atoms with Crippen molar-refractivity contribution in [3.63, 3.8) is 0 Å². The van der Waals surface area contributed by atoms with Gasteiger partial charge in [-0.15, -0.1) is 0 Å². The van der Waals surface area contributed by atoms with Crippen LogP contribution in [-0.2, 0) is 0 Å². The predicted octanol–water partition coefficient (Wildman–Crippen LogP) is 4.10. The first-order chi connectivity index (χ1) is 4.18. The highest BCUT2D eigenvalue weighted by Gasteiger charge is 2.04. The van der Waals surface area contributed by atoms with Crippen LogP contribution >= 0.6 is 0 Å². The Kier molecular flexibility index (Phi) is 9.00. The van der Waals surface area contributed by atoms with Gasteiger partial charge in [-0.3, -0.25) is 0 Å². The first-order valence-electron chi connectivity index (χ1n) is 4.18. The Bertz CT molecular complexity index is 55.1. The zero-order valence-electron chi connectivity index (χ0n) is 7.28. The van der Waals surface area contributed by atoms with Crippen LogP contribution in [0.15, 0.2) is 0 Å². The molecule has 0 aromatic rings. The standard InChI is InChI=1S/C9H20.CH4/c1-5-6-7-9(4)8(2)3;/h8-9H,5-7H2,1-4H3;1H4. The molecule has 0 heteroatoms. The third-order valence-electron chi connectivity index (χ3n) is 2.15. The quantitative estimate of drug-likeness (QED) is 0.557. The second-order valence-electron chi connectivity index (χ2n) is 3.36. The minimum atomic E-state index is 0. The molecule has 0 aliphatic carbocycles. The lowest BCUT2D eigenvalue weighted by Gasteiger charge is -2.13. The summed E-state index contributed by atoms with van der Waals surface area (Å²) < 4.78 is 0. The lowest BCUT2D eigenvalue weighted by molar-refractivity contribution is 0.381. The van der Waals surface area contributed by atoms with Crippen LogP contribution in [0.5, 0.6) is 0 Å². The van der Waals surface area contributed by atoms with E-state index >= 15 is 0 Å². The number of hydrogen-bond acceptors (Lipinski definition) is 0. The highest BCUT2D eigenvalue weighted by molar-refractivity contribution is 4.55. The van der Waals surface area contributed by atoms with E-state index in [1.807, 2.05) is 0 Å². The molecule has 1 unspecified atom stereocenters. The molecule has 0 aromatic heterocycles. The molecular formula is C10H24. The fraction of sp³-hybridized carbons (Fsp3) is 1.00. The van der Waals surface area contributed by atoms with Crippen molar-refractivity contribution in [1.29, 1.82) is 0 Å². The summed E-state index contributed by atoms with van der Waals surface area (Å²) in [6.07, 6.45) is 4.16. The van der Waals surface area contributed by atoms with Crippen molar-refractivity contribution in [2.45, 2.75) is 54.4 Å². The maximum absolute atomic E-state index is 2.35. The lowest BCUT2D eigenvalue weighted by Crippen LogP contribution is -2.02. The molecular weight excluding hydrogens is 120 g/mol. The predicted molar refractivity (Wildman–Crippen MR) is 50.3 cm³/mol. The van der Waals surface area contributed by atoms with E-state index in [0.29, 0.717) is 0 Å². The Morgan fingerprint density at radius 2 is 1.60 bits per heavy atom. The second-order valence-corrected chi connectivity index (χ2v) is 3.36. The summed E-state index contributed by atoms with van der Waals surface area (Å²) >= 11 is 0. The van der Waals surface area contributed by atoms with Crippen LogP contribution in [0.1, 0.15) is 54.4 Å². The summed E-state index contributed by atoms with van der Waals surface area (Å²) in [4.78, 5) is 0. The van der Waals surface area contributed by atoms with E-state index < -0.39 is 0 Å². The third-order valence-corrected chi connectivity index (χ3v) is 2.15. The van der Waals surface area contributed by atoms with Gasteiger partial charge in [-0.05, 0) is 11.8 Å². The third kappa shape index (κ3) is 6.12. The summed E-state index contributed by atoms with van der Waals surface area (Å²) in [5, 5.41) is 0. The van der Waals surface area contributed by atoms with Crippen molar-refractivity contribution in [2.75, 3.05) is 0 Å². The SMILES string of the molecule is C.CCCCC(C)C(C)C. The molecule has 0 N–H and O–H groups in total. The van der Waals surface area contributed by atoms with Gasteiger partial charge in [0.2, 0.25) is 0 Å². The number of hydrogen-bond donors (Lipinski definition) is 0. The number of rotatable bonds is 4. The Morgan fingerprint density at radius 1 is 1.10 bits per heavy atom. The van der Waals surface area contributed by atoms with E-state index in [9.17, 15) is 0 Å². The Morgan fingerprint density at radius 3 is 1.90 bits per heavy atom. The van der Waals surface area contributed by atoms with Crippen molar-refractivity contribution in [3.8, 4) is 0 Å². The zero-order chi connectivity index (χ0) is 7.28. The first-order valence-corrected chi connectivity index (χ1v) is 4.18. The van der Waals surface area contributed by atoms with Crippen molar-refractivity contribution in [3.05, 3.63) is 0 Å². The Hall–Kier alpha value is 0. The Labute approximate surface area is 67.0 Å². The van der Waals surface area contributed by atoms with E-state index in [2.05, 4.69) is 27.7 Å². The molecule has 0 fully saturated rings. The van der Waals surface area contributed by atoms with Gasteiger partial charge in [-0.1, -0.05) is 54.4 Å². The van der Waals surface area contributed by atoms with E-state index in [1.165, 1.54) is 19.3 Å². The molecule has 0 radical (unpaired) electrons. The molecule has 64 valence electrons. The molecule has 0 rings (SSSR count). The van der Waals surface area contributed by atoms with Gasteiger partial charge in [0.1, 0.15) is 0 Å².